The predicted molar refractivity (Wildman–Crippen MR) is 90.1 cm³/mol. The van der Waals surface area contributed by atoms with Crippen molar-refractivity contribution in [3.63, 3.8) is 0 Å². The number of carbonyl (C=O) groups excluding carboxylic acids is 1. The highest BCUT2D eigenvalue weighted by Crippen LogP contribution is 2.20. The van der Waals surface area contributed by atoms with Gasteiger partial charge in [-0.3, -0.25) is 4.79 Å². The highest BCUT2D eigenvalue weighted by Gasteiger charge is 2.14. The third-order valence-electron chi connectivity index (χ3n) is 3.74. The molecular formula is C19H29NO. The van der Waals surface area contributed by atoms with Crippen molar-refractivity contribution in [2.75, 3.05) is 0 Å². The topological polar surface area (TPSA) is 29.1 Å². The molecule has 0 saturated carbocycles. The van der Waals surface area contributed by atoms with Crippen molar-refractivity contribution in [3.05, 3.63) is 48.0 Å². The van der Waals surface area contributed by atoms with E-state index >= 15 is 0 Å². The second-order valence-corrected chi connectivity index (χ2v) is 5.77. The lowest BCUT2D eigenvalue weighted by Gasteiger charge is -2.19. The minimum atomic E-state index is -0.0464. The molecule has 0 fully saturated rings. The first-order valence-electron chi connectivity index (χ1n) is 8.16. The van der Waals surface area contributed by atoms with Crippen LogP contribution in [0.3, 0.4) is 0 Å². The zero-order valence-corrected chi connectivity index (χ0v) is 13.5. The molecule has 0 heterocycles. The molecule has 1 amide bonds. The summed E-state index contributed by atoms with van der Waals surface area (Å²) in [4.78, 5) is 11.9. The van der Waals surface area contributed by atoms with E-state index < -0.39 is 0 Å². The molecule has 0 aromatic heterocycles. The van der Waals surface area contributed by atoms with Crippen molar-refractivity contribution in [2.45, 2.75) is 64.8 Å². The standard InChI is InChI=1S/C19H29NO/c1-4-5-6-7-8-12-15-18(20-19(21)16(2)3)17-13-10-9-11-14-17/h9-11,13-14,18H,2,4-8,12,15H2,1,3H3,(H,20,21). The summed E-state index contributed by atoms with van der Waals surface area (Å²) >= 11 is 0. The Morgan fingerprint density at radius 1 is 1.10 bits per heavy atom. The second kappa shape index (κ2) is 10.2. The van der Waals surface area contributed by atoms with E-state index in [-0.39, 0.29) is 11.9 Å². The van der Waals surface area contributed by atoms with Crippen LogP contribution in [-0.4, -0.2) is 5.91 Å². The monoisotopic (exact) mass is 287 g/mol. The van der Waals surface area contributed by atoms with Gasteiger partial charge >= 0.3 is 0 Å². The van der Waals surface area contributed by atoms with Gasteiger partial charge in [-0.05, 0) is 18.9 Å². The molecule has 2 heteroatoms. The van der Waals surface area contributed by atoms with Crippen molar-refractivity contribution in [3.8, 4) is 0 Å². The number of hydrogen-bond donors (Lipinski definition) is 1. The summed E-state index contributed by atoms with van der Waals surface area (Å²) in [6.45, 7) is 7.71. The Morgan fingerprint density at radius 2 is 1.71 bits per heavy atom. The van der Waals surface area contributed by atoms with Crippen LogP contribution in [0.2, 0.25) is 0 Å². The molecule has 0 aliphatic carbocycles. The van der Waals surface area contributed by atoms with E-state index in [0.717, 1.165) is 12.8 Å². The van der Waals surface area contributed by atoms with Crippen LogP contribution in [-0.2, 0) is 4.79 Å². The van der Waals surface area contributed by atoms with Gasteiger partial charge in [-0.25, -0.2) is 0 Å². The number of benzene rings is 1. The van der Waals surface area contributed by atoms with E-state index in [1.165, 1.54) is 37.7 Å². The van der Waals surface area contributed by atoms with Gasteiger partial charge in [0.15, 0.2) is 0 Å². The van der Waals surface area contributed by atoms with Gasteiger partial charge < -0.3 is 5.32 Å². The predicted octanol–water partition coefficient (Wildman–Crippen LogP) is 5.17. The van der Waals surface area contributed by atoms with Gasteiger partial charge in [-0.2, -0.15) is 0 Å². The third-order valence-corrected chi connectivity index (χ3v) is 3.74. The lowest BCUT2D eigenvalue weighted by Crippen LogP contribution is -2.28. The van der Waals surface area contributed by atoms with Crippen LogP contribution in [0.1, 0.15) is 70.4 Å². The van der Waals surface area contributed by atoms with Crippen molar-refractivity contribution in [1.82, 2.24) is 5.32 Å². The summed E-state index contributed by atoms with van der Waals surface area (Å²) in [5.41, 5.74) is 1.75. The summed E-state index contributed by atoms with van der Waals surface area (Å²) < 4.78 is 0. The van der Waals surface area contributed by atoms with E-state index in [2.05, 4.69) is 31.0 Å². The fraction of sp³-hybridized carbons (Fsp3) is 0.526. The van der Waals surface area contributed by atoms with Gasteiger partial charge in [0, 0.05) is 5.57 Å². The van der Waals surface area contributed by atoms with Crippen molar-refractivity contribution in [1.29, 1.82) is 0 Å². The van der Waals surface area contributed by atoms with Crippen LogP contribution in [0.15, 0.2) is 42.5 Å². The first-order valence-corrected chi connectivity index (χ1v) is 8.16. The third kappa shape index (κ3) is 7.12. The molecule has 1 aromatic carbocycles. The van der Waals surface area contributed by atoms with Gasteiger partial charge in [0.25, 0.3) is 0 Å². The first kappa shape index (κ1) is 17.5. The SMILES string of the molecule is C=C(C)C(=O)NC(CCCCCCCC)c1ccccc1. The first-order chi connectivity index (χ1) is 10.1. The van der Waals surface area contributed by atoms with Crippen LogP contribution in [0, 0.1) is 0 Å². The zero-order chi connectivity index (χ0) is 15.5. The Balaban J connectivity index is 2.49. The average molecular weight is 287 g/mol. The molecule has 0 spiro atoms. The number of nitrogens with one attached hydrogen (secondary N) is 1. The zero-order valence-electron chi connectivity index (χ0n) is 13.5. The Kier molecular flexibility index (Phi) is 8.49. The minimum Gasteiger partial charge on any atom is -0.346 e. The number of unbranched alkanes of at least 4 members (excludes halogenated alkanes) is 5. The van der Waals surface area contributed by atoms with Crippen LogP contribution in [0.25, 0.3) is 0 Å². The maximum Gasteiger partial charge on any atom is 0.246 e. The molecule has 1 aromatic rings. The molecule has 0 radical (unpaired) electrons. The lowest BCUT2D eigenvalue weighted by molar-refractivity contribution is -0.118. The lowest BCUT2D eigenvalue weighted by atomic mass is 9.99. The number of carbonyl (C=O) groups is 1. The second-order valence-electron chi connectivity index (χ2n) is 5.77. The molecule has 2 nitrogen and oxygen atoms in total. The van der Waals surface area contributed by atoms with Crippen molar-refractivity contribution in [2.24, 2.45) is 0 Å². The molecule has 116 valence electrons. The largest absolute Gasteiger partial charge is 0.346 e. The Bertz CT molecular complexity index is 424. The quantitative estimate of drug-likeness (QED) is 0.467. The van der Waals surface area contributed by atoms with Gasteiger partial charge in [0.1, 0.15) is 0 Å². The minimum absolute atomic E-state index is 0.0464. The van der Waals surface area contributed by atoms with Crippen molar-refractivity contribution >= 4 is 5.91 Å². The molecule has 0 saturated heterocycles. The molecule has 0 bridgehead atoms. The van der Waals surface area contributed by atoms with Gasteiger partial charge in [-0.1, -0.05) is 82.4 Å². The Hall–Kier alpha value is -1.57. The van der Waals surface area contributed by atoms with Crippen LogP contribution in [0.5, 0.6) is 0 Å². The molecule has 1 unspecified atom stereocenters. The fourth-order valence-corrected chi connectivity index (χ4v) is 2.42. The normalized spacial score (nSPS) is 11.9. The molecular weight excluding hydrogens is 258 g/mol. The van der Waals surface area contributed by atoms with Crippen LogP contribution in [0.4, 0.5) is 0 Å². The summed E-state index contributed by atoms with van der Waals surface area (Å²) in [6.07, 6.45) is 8.62. The smallest absolute Gasteiger partial charge is 0.246 e. The fourth-order valence-electron chi connectivity index (χ4n) is 2.42. The maximum absolute atomic E-state index is 11.9. The molecule has 0 aliphatic rings. The Morgan fingerprint density at radius 3 is 2.33 bits per heavy atom. The average Bonchev–Trinajstić information content (AvgIpc) is 2.50. The molecule has 21 heavy (non-hydrogen) atoms. The number of hydrogen-bond acceptors (Lipinski definition) is 1. The van der Waals surface area contributed by atoms with Crippen LogP contribution < -0.4 is 5.32 Å². The summed E-state index contributed by atoms with van der Waals surface area (Å²) in [5, 5.41) is 3.10. The van der Waals surface area contributed by atoms with E-state index in [1.54, 1.807) is 6.92 Å². The van der Waals surface area contributed by atoms with Gasteiger partial charge in [0.05, 0.1) is 6.04 Å². The molecule has 1 N–H and O–H groups in total. The number of rotatable bonds is 10. The Labute approximate surface area is 129 Å². The highest BCUT2D eigenvalue weighted by atomic mass is 16.1. The van der Waals surface area contributed by atoms with E-state index in [0.29, 0.717) is 5.57 Å². The maximum atomic E-state index is 11.9. The summed E-state index contributed by atoms with van der Waals surface area (Å²) in [6, 6.07) is 10.3. The molecule has 1 atom stereocenters. The molecule has 1 rings (SSSR count). The van der Waals surface area contributed by atoms with E-state index in [4.69, 9.17) is 0 Å². The van der Waals surface area contributed by atoms with E-state index in [1.807, 2.05) is 18.2 Å². The number of amides is 1. The summed E-state index contributed by atoms with van der Waals surface area (Å²) in [7, 11) is 0. The highest BCUT2D eigenvalue weighted by molar-refractivity contribution is 5.92. The van der Waals surface area contributed by atoms with Gasteiger partial charge in [0.2, 0.25) is 5.91 Å². The van der Waals surface area contributed by atoms with Crippen molar-refractivity contribution < 1.29 is 4.79 Å². The van der Waals surface area contributed by atoms with E-state index in [9.17, 15) is 4.79 Å². The summed E-state index contributed by atoms with van der Waals surface area (Å²) in [5.74, 6) is -0.0464. The van der Waals surface area contributed by atoms with Gasteiger partial charge in [-0.15, -0.1) is 0 Å². The van der Waals surface area contributed by atoms with Crippen LogP contribution >= 0.6 is 0 Å². The molecule has 0 aliphatic heterocycles.